The summed E-state index contributed by atoms with van der Waals surface area (Å²) in [7, 11) is 0. The van der Waals surface area contributed by atoms with E-state index in [1.54, 1.807) is 47.5 Å². The van der Waals surface area contributed by atoms with Crippen molar-refractivity contribution in [2.45, 2.75) is 19.4 Å². The molecule has 1 saturated heterocycles. The summed E-state index contributed by atoms with van der Waals surface area (Å²) in [6, 6.07) is 16.6. The van der Waals surface area contributed by atoms with Crippen LogP contribution >= 0.6 is 11.6 Å². The number of hydrogen-bond acceptors (Lipinski definition) is 4. The number of anilines is 2. The van der Waals surface area contributed by atoms with Gasteiger partial charge in [-0.3, -0.25) is 4.79 Å². The standard InChI is InChI=1S/C26H26ClFN4O/c1-18(29)20-12-14-31(15-13-20)25-11-2-19(16-30-25)17-32(24-9-7-23(28)8-10-24)26(33)21-3-5-22(27)6-4-21/h2-11,16,20H,1,12-15,17,29H2. The minimum atomic E-state index is -0.356. The Hall–Kier alpha value is -3.38. The summed E-state index contributed by atoms with van der Waals surface area (Å²) in [4.78, 5) is 21.8. The first-order valence-electron chi connectivity index (χ1n) is 10.9. The molecule has 33 heavy (non-hydrogen) atoms. The minimum Gasteiger partial charge on any atom is -0.402 e. The second-order valence-electron chi connectivity index (χ2n) is 8.24. The molecule has 3 aromatic rings. The van der Waals surface area contributed by atoms with Gasteiger partial charge in [-0.25, -0.2) is 9.37 Å². The Kier molecular flexibility index (Phi) is 6.94. The smallest absolute Gasteiger partial charge is 0.258 e. The van der Waals surface area contributed by atoms with Crippen LogP contribution in [0.2, 0.25) is 5.02 Å². The molecule has 0 unspecified atom stereocenters. The molecule has 5 nitrogen and oxygen atoms in total. The van der Waals surface area contributed by atoms with Crippen LogP contribution in [0.25, 0.3) is 0 Å². The second kappa shape index (κ2) is 10.0. The highest BCUT2D eigenvalue weighted by atomic mass is 35.5. The maximum absolute atomic E-state index is 13.5. The highest BCUT2D eigenvalue weighted by Crippen LogP contribution is 2.26. The fourth-order valence-electron chi connectivity index (χ4n) is 4.01. The van der Waals surface area contributed by atoms with E-state index in [0.29, 0.717) is 28.7 Å². The highest BCUT2D eigenvalue weighted by Gasteiger charge is 2.22. The molecule has 170 valence electrons. The molecule has 2 heterocycles. The van der Waals surface area contributed by atoms with Gasteiger partial charge in [-0.15, -0.1) is 0 Å². The summed E-state index contributed by atoms with van der Waals surface area (Å²) in [6.07, 6.45) is 3.72. The fraction of sp³-hybridized carbons (Fsp3) is 0.231. The van der Waals surface area contributed by atoms with Crippen molar-refractivity contribution in [2.24, 2.45) is 11.7 Å². The Bertz CT molecular complexity index is 1110. The number of aromatic nitrogens is 1. The summed E-state index contributed by atoms with van der Waals surface area (Å²) < 4.78 is 13.5. The van der Waals surface area contributed by atoms with Crippen LogP contribution in [0.15, 0.2) is 79.1 Å². The lowest BCUT2D eigenvalue weighted by molar-refractivity contribution is 0.0985. The number of halogens is 2. The topological polar surface area (TPSA) is 62.5 Å². The van der Waals surface area contributed by atoms with Crippen molar-refractivity contribution in [1.82, 2.24) is 4.98 Å². The van der Waals surface area contributed by atoms with E-state index in [0.717, 1.165) is 43.0 Å². The van der Waals surface area contributed by atoms with E-state index in [4.69, 9.17) is 17.3 Å². The SMILES string of the molecule is C=C(N)C1CCN(c2ccc(CN(C(=O)c3ccc(Cl)cc3)c3ccc(F)cc3)cn2)CC1. The molecular weight excluding hydrogens is 439 g/mol. The molecule has 1 amide bonds. The van der Waals surface area contributed by atoms with Crippen LogP contribution in [0.4, 0.5) is 15.9 Å². The average molecular weight is 465 g/mol. The Morgan fingerprint density at radius 1 is 1.09 bits per heavy atom. The van der Waals surface area contributed by atoms with Gasteiger partial charge in [-0.1, -0.05) is 24.2 Å². The third-order valence-electron chi connectivity index (χ3n) is 5.97. The molecule has 0 saturated carbocycles. The summed E-state index contributed by atoms with van der Waals surface area (Å²) >= 11 is 5.97. The predicted octanol–water partition coefficient (Wildman–Crippen LogP) is 5.41. The van der Waals surface area contributed by atoms with E-state index >= 15 is 0 Å². The number of benzene rings is 2. The molecule has 2 N–H and O–H groups in total. The van der Waals surface area contributed by atoms with Gasteiger partial charge in [-0.2, -0.15) is 0 Å². The number of carbonyl (C=O) groups excluding carboxylic acids is 1. The van der Waals surface area contributed by atoms with Crippen molar-refractivity contribution in [2.75, 3.05) is 22.9 Å². The first-order valence-corrected chi connectivity index (χ1v) is 11.3. The van der Waals surface area contributed by atoms with E-state index < -0.39 is 0 Å². The van der Waals surface area contributed by atoms with Crippen molar-refractivity contribution < 1.29 is 9.18 Å². The van der Waals surface area contributed by atoms with Gasteiger partial charge in [0.2, 0.25) is 0 Å². The van der Waals surface area contributed by atoms with Gasteiger partial charge in [0.05, 0.1) is 6.54 Å². The fourth-order valence-corrected chi connectivity index (χ4v) is 4.13. The molecule has 0 bridgehead atoms. The molecular formula is C26H26ClFN4O. The van der Waals surface area contributed by atoms with Gasteiger partial charge in [0.25, 0.3) is 5.91 Å². The number of piperidine rings is 1. The zero-order valence-corrected chi connectivity index (χ0v) is 19.0. The van der Waals surface area contributed by atoms with E-state index in [1.807, 2.05) is 12.1 Å². The highest BCUT2D eigenvalue weighted by molar-refractivity contribution is 6.30. The molecule has 2 aromatic carbocycles. The number of amides is 1. The first kappa shape index (κ1) is 22.8. The quantitative estimate of drug-likeness (QED) is 0.529. The molecule has 0 aliphatic carbocycles. The largest absolute Gasteiger partial charge is 0.402 e. The van der Waals surface area contributed by atoms with Crippen LogP contribution in [0.1, 0.15) is 28.8 Å². The van der Waals surface area contributed by atoms with E-state index in [9.17, 15) is 9.18 Å². The molecule has 1 aliphatic rings. The van der Waals surface area contributed by atoms with E-state index in [-0.39, 0.29) is 11.7 Å². The maximum atomic E-state index is 13.5. The van der Waals surface area contributed by atoms with Gasteiger partial charge >= 0.3 is 0 Å². The van der Waals surface area contributed by atoms with Crippen molar-refractivity contribution in [3.8, 4) is 0 Å². The molecule has 1 aromatic heterocycles. The number of allylic oxidation sites excluding steroid dienone is 1. The Labute approximate surface area is 198 Å². The number of nitrogens with two attached hydrogens (primary N) is 1. The first-order chi connectivity index (χ1) is 15.9. The maximum Gasteiger partial charge on any atom is 0.258 e. The van der Waals surface area contributed by atoms with Gasteiger partial charge < -0.3 is 15.5 Å². The Morgan fingerprint density at radius 3 is 2.33 bits per heavy atom. The molecule has 0 atom stereocenters. The molecule has 4 rings (SSSR count). The Balaban J connectivity index is 1.52. The van der Waals surface area contributed by atoms with Crippen LogP contribution < -0.4 is 15.5 Å². The monoisotopic (exact) mass is 464 g/mol. The van der Waals surface area contributed by atoms with Crippen molar-refractivity contribution in [1.29, 1.82) is 0 Å². The predicted molar refractivity (Wildman–Crippen MR) is 131 cm³/mol. The Morgan fingerprint density at radius 2 is 1.76 bits per heavy atom. The number of hydrogen-bond donors (Lipinski definition) is 1. The van der Waals surface area contributed by atoms with Crippen LogP contribution in [0.3, 0.4) is 0 Å². The summed E-state index contributed by atoms with van der Waals surface area (Å²) in [5, 5.41) is 0.555. The molecule has 0 radical (unpaired) electrons. The van der Waals surface area contributed by atoms with Gasteiger partial charge in [0.15, 0.2) is 0 Å². The number of nitrogens with zero attached hydrogens (tertiary/aromatic N) is 3. The number of carbonyl (C=O) groups is 1. The van der Waals surface area contributed by atoms with Gasteiger partial charge in [0.1, 0.15) is 11.6 Å². The van der Waals surface area contributed by atoms with E-state index in [2.05, 4.69) is 16.5 Å². The lowest BCUT2D eigenvalue weighted by atomic mass is 9.94. The average Bonchev–Trinajstić information content (AvgIpc) is 2.84. The lowest BCUT2D eigenvalue weighted by Crippen LogP contribution is -2.35. The van der Waals surface area contributed by atoms with Gasteiger partial charge in [0, 0.05) is 47.2 Å². The van der Waals surface area contributed by atoms with Crippen LogP contribution in [-0.4, -0.2) is 24.0 Å². The third kappa shape index (κ3) is 5.52. The third-order valence-corrected chi connectivity index (χ3v) is 6.22. The molecule has 1 aliphatic heterocycles. The minimum absolute atomic E-state index is 0.202. The molecule has 0 spiro atoms. The summed E-state index contributed by atoms with van der Waals surface area (Å²) in [5.74, 6) is 0.706. The van der Waals surface area contributed by atoms with Crippen LogP contribution in [-0.2, 0) is 6.54 Å². The van der Waals surface area contributed by atoms with Crippen LogP contribution in [0.5, 0.6) is 0 Å². The lowest BCUT2D eigenvalue weighted by Gasteiger charge is -2.33. The van der Waals surface area contributed by atoms with E-state index in [1.165, 1.54) is 12.1 Å². The zero-order valence-electron chi connectivity index (χ0n) is 18.3. The normalized spacial score (nSPS) is 14.2. The van der Waals surface area contributed by atoms with Crippen molar-refractivity contribution in [3.05, 3.63) is 101 Å². The number of pyridine rings is 1. The molecule has 1 fully saturated rings. The zero-order chi connectivity index (χ0) is 23.4. The van der Waals surface area contributed by atoms with Crippen molar-refractivity contribution >= 4 is 29.0 Å². The van der Waals surface area contributed by atoms with Gasteiger partial charge in [-0.05, 0) is 73.0 Å². The molecule has 7 heteroatoms. The second-order valence-corrected chi connectivity index (χ2v) is 8.67. The number of rotatable bonds is 6. The summed E-state index contributed by atoms with van der Waals surface area (Å²) in [5.41, 5.74) is 8.58. The summed E-state index contributed by atoms with van der Waals surface area (Å²) in [6.45, 7) is 5.93. The van der Waals surface area contributed by atoms with Crippen molar-refractivity contribution in [3.63, 3.8) is 0 Å². The van der Waals surface area contributed by atoms with Crippen LogP contribution in [0, 0.1) is 11.7 Å².